The molecule has 0 saturated carbocycles. The normalized spacial score (nSPS) is 19.4. The summed E-state index contributed by atoms with van der Waals surface area (Å²) in [6.07, 6.45) is 1.03. The smallest absolute Gasteiger partial charge is 0.326 e. The number of likely N-dealkylation sites (tertiary alicyclic amines) is 1. The highest BCUT2D eigenvalue weighted by Gasteiger charge is 2.42. The average Bonchev–Trinajstić information content (AvgIpc) is 3.14. The first-order chi connectivity index (χ1) is 14.7. The molecule has 32 heavy (non-hydrogen) atoms. The highest BCUT2D eigenvalue weighted by molar-refractivity contribution is 5.94. The van der Waals surface area contributed by atoms with Crippen molar-refractivity contribution in [1.29, 1.82) is 0 Å². The van der Waals surface area contributed by atoms with Crippen LogP contribution < -0.4 is 5.32 Å². The molecule has 2 N–H and O–H groups in total. The topological polar surface area (TPSA) is 110 Å². The molecule has 9 nitrogen and oxygen atoms in total. The summed E-state index contributed by atoms with van der Waals surface area (Å²) in [6, 6.07) is -2.86. The highest BCUT2D eigenvalue weighted by Crippen LogP contribution is 2.23. The molecule has 1 heterocycles. The summed E-state index contributed by atoms with van der Waals surface area (Å²) in [4.78, 5) is 55.9. The second kappa shape index (κ2) is 11.6. The van der Waals surface area contributed by atoms with E-state index in [1.54, 1.807) is 7.05 Å². The minimum atomic E-state index is -1.02. The number of carbonyl (C=O) groups excluding carboxylic acids is 3. The lowest BCUT2D eigenvalue weighted by Crippen LogP contribution is -2.60. The number of hydrogen-bond acceptors (Lipinski definition) is 5. The Bertz CT molecular complexity index is 684. The van der Waals surface area contributed by atoms with Crippen LogP contribution in [0.2, 0.25) is 0 Å². The van der Waals surface area contributed by atoms with Gasteiger partial charge in [0, 0.05) is 13.6 Å². The maximum atomic E-state index is 13.5. The summed E-state index contributed by atoms with van der Waals surface area (Å²) < 4.78 is 0. The molecule has 0 unspecified atom stereocenters. The first kappa shape index (κ1) is 27.9. The third-order valence-electron chi connectivity index (χ3n) is 6.16. The van der Waals surface area contributed by atoms with Gasteiger partial charge in [-0.05, 0) is 44.7 Å². The van der Waals surface area contributed by atoms with Crippen molar-refractivity contribution in [3.05, 3.63) is 0 Å². The van der Waals surface area contributed by atoms with Crippen LogP contribution in [0.4, 0.5) is 0 Å². The molecule has 1 aliphatic rings. The molecule has 3 amide bonds. The minimum Gasteiger partial charge on any atom is -0.480 e. The van der Waals surface area contributed by atoms with E-state index in [0.29, 0.717) is 19.4 Å². The van der Waals surface area contributed by atoms with E-state index >= 15 is 0 Å². The zero-order valence-electron chi connectivity index (χ0n) is 21.1. The number of likely N-dealkylation sites (N-methyl/N-ethyl adjacent to an activating group) is 2. The second-order valence-corrected chi connectivity index (χ2v) is 10.0. The lowest BCUT2D eigenvalue weighted by Gasteiger charge is -2.37. The van der Waals surface area contributed by atoms with E-state index < -0.39 is 30.1 Å². The van der Waals surface area contributed by atoms with Crippen LogP contribution in [0.5, 0.6) is 0 Å². The molecule has 1 rings (SSSR count). The molecule has 0 spiro atoms. The zero-order chi connectivity index (χ0) is 24.9. The van der Waals surface area contributed by atoms with Gasteiger partial charge in [-0.3, -0.25) is 19.3 Å². The number of nitrogens with one attached hydrogen (secondary N) is 1. The number of carbonyl (C=O) groups is 4. The highest BCUT2D eigenvalue weighted by atomic mass is 16.4. The van der Waals surface area contributed by atoms with E-state index in [9.17, 15) is 24.3 Å². The molecular formula is C23H42N4O5. The minimum absolute atomic E-state index is 0.0544. The maximum Gasteiger partial charge on any atom is 0.326 e. The average molecular weight is 455 g/mol. The fourth-order valence-corrected chi connectivity index (χ4v) is 4.60. The van der Waals surface area contributed by atoms with Crippen molar-refractivity contribution in [2.24, 2.45) is 17.8 Å². The molecule has 0 aromatic heterocycles. The monoisotopic (exact) mass is 454 g/mol. The molecule has 0 aliphatic carbocycles. The van der Waals surface area contributed by atoms with E-state index in [4.69, 9.17) is 0 Å². The molecule has 0 bridgehead atoms. The Kier molecular flexibility index (Phi) is 10.1. The molecule has 184 valence electrons. The number of rotatable bonds is 10. The Morgan fingerprint density at radius 1 is 0.906 bits per heavy atom. The number of nitrogens with zero attached hydrogens (tertiary/aromatic N) is 3. The van der Waals surface area contributed by atoms with Gasteiger partial charge in [0.1, 0.15) is 18.1 Å². The molecule has 9 heteroatoms. The third-order valence-corrected chi connectivity index (χ3v) is 6.16. The van der Waals surface area contributed by atoms with E-state index in [1.165, 1.54) is 9.80 Å². The molecule has 0 aromatic carbocycles. The lowest BCUT2D eigenvalue weighted by molar-refractivity contribution is -0.154. The summed E-state index contributed by atoms with van der Waals surface area (Å²) in [5.74, 6) is -2.33. The quantitative estimate of drug-likeness (QED) is 0.514. The number of aliphatic carboxylic acids is 1. The summed E-state index contributed by atoms with van der Waals surface area (Å²) in [7, 11) is 5.21. The zero-order valence-corrected chi connectivity index (χ0v) is 21.1. The van der Waals surface area contributed by atoms with Crippen LogP contribution in [0.25, 0.3) is 0 Å². The standard InChI is InChI=1S/C23H42N4O5/c1-13(2)17(24-20(28)18(14(3)4)25(7)8)21(29)26(9)19(15(5)6)22(30)27-12-10-11-16(27)23(31)32/h13-19H,10-12H2,1-9H3,(H,24,28)(H,31,32)/t16-,17-,18-,19-/m0/s1. The number of hydrogen-bond donors (Lipinski definition) is 2. The van der Waals surface area contributed by atoms with Crippen LogP contribution in [-0.4, -0.2) is 95.4 Å². The van der Waals surface area contributed by atoms with Crippen molar-refractivity contribution in [3.8, 4) is 0 Å². The van der Waals surface area contributed by atoms with Gasteiger partial charge < -0.3 is 20.2 Å². The van der Waals surface area contributed by atoms with Crippen molar-refractivity contribution in [2.45, 2.75) is 78.6 Å². The van der Waals surface area contributed by atoms with Gasteiger partial charge in [0.2, 0.25) is 17.7 Å². The van der Waals surface area contributed by atoms with E-state index in [2.05, 4.69) is 5.32 Å². The maximum absolute atomic E-state index is 13.5. The number of carboxylic acids is 1. The van der Waals surface area contributed by atoms with Gasteiger partial charge in [-0.1, -0.05) is 41.5 Å². The fraction of sp³-hybridized carbons (Fsp3) is 0.826. The van der Waals surface area contributed by atoms with Crippen molar-refractivity contribution in [2.75, 3.05) is 27.7 Å². The molecule has 1 saturated heterocycles. The number of amides is 3. The van der Waals surface area contributed by atoms with E-state index in [-0.39, 0.29) is 35.5 Å². The second-order valence-electron chi connectivity index (χ2n) is 10.0. The molecule has 1 fully saturated rings. The van der Waals surface area contributed by atoms with Gasteiger partial charge in [0.25, 0.3) is 0 Å². The third kappa shape index (κ3) is 6.43. The van der Waals surface area contributed by atoms with Crippen molar-refractivity contribution in [3.63, 3.8) is 0 Å². The van der Waals surface area contributed by atoms with Crippen LogP contribution in [0.3, 0.4) is 0 Å². The van der Waals surface area contributed by atoms with Gasteiger partial charge in [-0.2, -0.15) is 0 Å². The van der Waals surface area contributed by atoms with Crippen molar-refractivity contribution in [1.82, 2.24) is 20.0 Å². The van der Waals surface area contributed by atoms with E-state index in [0.717, 1.165) is 0 Å². The van der Waals surface area contributed by atoms with Crippen LogP contribution in [0.15, 0.2) is 0 Å². The van der Waals surface area contributed by atoms with E-state index in [1.807, 2.05) is 60.5 Å². The van der Waals surface area contributed by atoms with Gasteiger partial charge in [-0.25, -0.2) is 4.79 Å². The molecule has 0 aromatic rings. The predicted molar refractivity (Wildman–Crippen MR) is 123 cm³/mol. The summed E-state index contributed by atoms with van der Waals surface area (Å²) >= 11 is 0. The largest absolute Gasteiger partial charge is 0.480 e. The van der Waals surface area contributed by atoms with Crippen LogP contribution in [-0.2, 0) is 19.2 Å². The van der Waals surface area contributed by atoms with Gasteiger partial charge in [-0.15, -0.1) is 0 Å². The van der Waals surface area contributed by atoms with Gasteiger partial charge in [0.05, 0.1) is 6.04 Å². The Hall–Kier alpha value is -2.16. The Balaban J connectivity index is 3.14. The van der Waals surface area contributed by atoms with Gasteiger partial charge >= 0.3 is 5.97 Å². The Morgan fingerprint density at radius 2 is 1.44 bits per heavy atom. The number of carboxylic acid groups (broad SMARTS) is 1. The van der Waals surface area contributed by atoms with Crippen LogP contribution in [0, 0.1) is 17.8 Å². The fourth-order valence-electron chi connectivity index (χ4n) is 4.60. The first-order valence-corrected chi connectivity index (χ1v) is 11.5. The SMILES string of the molecule is CC(C)[C@H](NC(=O)[C@H](C(C)C)N(C)C)C(=O)N(C)[C@H](C(=O)N1CCC[C@H]1C(=O)O)C(C)C. The van der Waals surface area contributed by atoms with Crippen molar-refractivity contribution < 1.29 is 24.3 Å². The van der Waals surface area contributed by atoms with Crippen LogP contribution in [0.1, 0.15) is 54.4 Å². The first-order valence-electron chi connectivity index (χ1n) is 11.5. The molecule has 4 atom stereocenters. The molecule has 1 aliphatic heterocycles. The molecule has 0 radical (unpaired) electrons. The predicted octanol–water partition coefficient (Wildman–Crippen LogP) is 1.27. The summed E-state index contributed by atoms with van der Waals surface area (Å²) in [5.41, 5.74) is 0. The summed E-state index contributed by atoms with van der Waals surface area (Å²) in [5, 5.41) is 12.4. The summed E-state index contributed by atoms with van der Waals surface area (Å²) in [6.45, 7) is 11.6. The van der Waals surface area contributed by atoms with Crippen LogP contribution >= 0.6 is 0 Å². The Labute approximate surface area is 192 Å². The molecular weight excluding hydrogens is 412 g/mol. The van der Waals surface area contributed by atoms with Crippen molar-refractivity contribution >= 4 is 23.7 Å². The van der Waals surface area contributed by atoms with Gasteiger partial charge in [0.15, 0.2) is 0 Å². The lowest BCUT2D eigenvalue weighted by atomic mass is 9.96. The Morgan fingerprint density at radius 3 is 1.84 bits per heavy atom.